The van der Waals surface area contributed by atoms with Crippen LogP contribution in [0.4, 0.5) is 0 Å². The van der Waals surface area contributed by atoms with E-state index < -0.39 is 5.97 Å². The molecule has 1 aromatic heterocycles. The van der Waals surface area contributed by atoms with E-state index in [1.807, 2.05) is 20.8 Å². The molecule has 0 saturated carbocycles. The molecule has 18 heavy (non-hydrogen) atoms. The number of hydrogen-bond acceptors (Lipinski definition) is 3. The second-order valence-electron chi connectivity index (χ2n) is 5.13. The summed E-state index contributed by atoms with van der Waals surface area (Å²) < 4.78 is 1.64. The van der Waals surface area contributed by atoms with Gasteiger partial charge in [0.2, 0.25) is 0 Å². The molecule has 0 aliphatic carbocycles. The molecule has 0 atom stereocenters. The summed E-state index contributed by atoms with van der Waals surface area (Å²) in [6.45, 7) is 5.79. The average Bonchev–Trinajstić information content (AvgIpc) is 2.66. The number of carbonyl (C=O) groups excluding carboxylic acids is 1. The highest BCUT2D eigenvalue weighted by Crippen LogP contribution is 2.25. The lowest BCUT2D eigenvalue weighted by Gasteiger charge is -2.20. The summed E-state index contributed by atoms with van der Waals surface area (Å²) in [5.41, 5.74) is 0.819. The highest BCUT2D eigenvalue weighted by Gasteiger charge is 2.23. The lowest BCUT2D eigenvalue weighted by atomic mass is 10.1. The minimum atomic E-state index is -1.07. The molecular weight excluding hydrogens is 232 g/mol. The first-order valence-electron chi connectivity index (χ1n) is 5.56. The van der Waals surface area contributed by atoms with Crippen molar-refractivity contribution in [3.63, 3.8) is 0 Å². The fourth-order valence-corrected chi connectivity index (χ4v) is 1.87. The number of fused-ring (bicyclic) bond motifs is 1. The van der Waals surface area contributed by atoms with Crippen LogP contribution in [0.2, 0.25) is 0 Å². The first-order valence-corrected chi connectivity index (χ1v) is 5.56. The van der Waals surface area contributed by atoms with Crippen LogP contribution in [-0.4, -0.2) is 27.1 Å². The van der Waals surface area contributed by atoms with E-state index in [4.69, 9.17) is 5.11 Å². The van der Waals surface area contributed by atoms with Gasteiger partial charge in [0.15, 0.2) is 5.69 Å². The smallest absolute Gasteiger partial charge is 0.357 e. The summed E-state index contributed by atoms with van der Waals surface area (Å²) in [7, 11) is 0. The molecule has 1 aromatic carbocycles. The summed E-state index contributed by atoms with van der Waals surface area (Å²) >= 11 is 0. The van der Waals surface area contributed by atoms with Crippen LogP contribution in [0.25, 0.3) is 10.9 Å². The average molecular weight is 246 g/mol. The van der Waals surface area contributed by atoms with Gasteiger partial charge in [-0.2, -0.15) is 5.10 Å². The lowest BCUT2D eigenvalue weighted by Crippen LogP contribution is -2.23. The maximum Gasteiger partial charge on any atom is 0.357 e. The number of carbonyl (C=O) groups is 2. The minimum Gasteiger partial charge on any atom is -0.476 e. The van der Waals surface area contributed by atoms with Crippen molar-refractivity contribution < 1.29 is 14.7 Å². The Bertz CT molecular complexity index is 635. The second kappa shape index (κ2) is 3.94. The van der Waals surface area contributed by atoms with E-state index in [9.17, 15) is 9.59 Å². The van der Waals surface area contributed by atoms with Crippen LogP contribution >= 0.6 is 0 Å². The van der Waals surface area contributed by atoms with Crippen LogP contribution in [-0.2, 0) is 5.54 Å². The Hall–Kier alpha value is -2.17. The van der Waals surface area contributed by atoms with Gasteiger partial charge in [-0.25, -0.2) is 4.79 Å². The van der Waals surface area contributed by atoms with Crippen LogP contribution in [0.1, 0.15) is 41.6 Å². The standard InChI is InChI=1S/C13H14N2O3/c1-13(2,3)15-10-6-8(7-16)4-5-9(10)11(14-15)12(17)18/h4-7H,1-3H3,(H,17,18). The van der Waals surface area contributed by atoms with Gasteiger partial charge in [-0.05, 0) is 32.9 Å². The Morgan fingerprint density at radius 1 is 1.39 bits per heavy atom. The van der Waals surface area contributed by atoms with Crippen molar-refractivity contribution in [2.45, 2.75) is 26.3 Å². The van der Waals surface area contributed by atoms with Crippen LogP contribution in [0, 0.1) is 0 Å². The van der Waals surface area contributed by atoms with Crippen molar-refractivity contribution in [2.75, 3.05) is 0 Å². The topological polar surface area (TPSA) is 72.2 Å². The fraction of sp³-hybridized carbons (Fsp3) is 0.308. The normalized spacial score (nSPS) is 11.7. The number of aromatic nitrogens is 2. The van der Waals surface area contributed by atoms with Gasteiger partial charge in [0.1, 0.15) is 6.29 Å². The predicted molar refractivity (Wildman–Crippen MR) is 67.1 cm³/mol. The van der Waals surface area contributed by atoms with Crippen molar-refractivity contribution in [1.29, 1.82) is 0 Å². The van der Waals surface area contributed by atoms with Crippen LogP contribution in [0.5, 0.6) is 0 Å². The first-order chi connectivity index (χ1) is 8.34. The molecule has 0 fully saturated rings. The summed E-state index contributed by atoms with van der Waals surface area (Å²) in [6.07, 6.45) is 0.736. The van der Waals surface area contributed by atoms with Gasteiger partial charge >= 0.3 is 5.97 Å². The number of aldehydes is 1. The Kier molecular flexibility index (Phi) is 2.69. The molecule has 2 rings (SSSR count). The number of carboxylic acids is 1. The largest absolute Gasteiger partial charge is 0.476 e. The van der Waals surface area contributed by atoms with Crippen molar-refractivity contribution in [3.8, 4) is 0 Å². The maximum atomic E-state index is 11.2. The molecule has 5 heteroatoms. The Morgan fingerprint density at radius 2 is 2.06 bits per heavy atom. The van der Waals surface area contributed by atoms with Crippen LogP contribution < -0.4 is 0 Å². The monoisotopic (exact) mass is 246 g/mol. The Morgan fingerprint density at radius 3 is 2.56 bits per heavy atom. The summed E-state index contributed by atoms with van der Waals surface area (Å²) in [5.74, 6) is -1.07. The van der Waals surface area contributed by atoms with Gasteiger partial charge in [-0.15, -0.1) is 0 Å². The molecule has 1 heterocycles. The van der Waals surface area contributed by atoms with Crippen molar-refractivity contribution in [1.82, 2.24) is 9.78 Å². The number of aromatic carboxylic acids is 1. The molecule has 5 nitrogen and oxygen atoms in total. The molecular formula is C13H14N2O3. The number of benzene rings is 1. The molecule has 0 saturated heterocycles. The molecule has 0 aliphatic rings. The fourth-order valence-electron chi connectivity index (χ4n) is 1.87. The van der Waals surface area contributed by atoms with E-state index in [-0.39, 0.29) is 11.2 Å². The van der Waals surface area contributed by atoms with Crippen LogP contribution in [0.15, 0.2) is 18.2 Å². The molecule has 2 aromatic rings. The Balaban J connectivity index is 2.85. The highest BCUT2D eigenvalue weighted by atomic mass is 16.4. The third-order valence-corrected chi connectivity index (χ3v) is 2.68. The summed E-state index contributed by atoms with van der Waals surface area (Å²) in [5, 5.41) is 13.8. The second-order valence-corrected chi connectivity index (χ2v) is 5.13. The van der Waals surface area contributed by atoms with Crippen LogP contribution in [0.3, 0.4) is 0 Å². The zero-order chi connectivity index (χ0) is 13.5. The van der Waals surface area contributed by atoms with E-state index in [0.29, 0.717) is 16.5 Å². The summed E-state index contributed by atoms with van der Waals surface area (Å²) in [4.78, 5) is 22.0. The van der Waals surface area contributed by atoms with Crippen molar-refractivity contribution >= 4 is 23.2 Å². The van der Waals surface area contributed by atoms with E-state index in [1.165, 1.54) is 0 Å². The van der Waals surface area contributed by atoms with Gasteiger partial charge in [-0.1, -0.05) is 6.07 Å². The minimum absolute atomic E-state index is 0.0115. The van der Waals surface area contributed by atoms with E-state index in [1.54, 1.807) is 22.9 Å². The molecule has 0 unspecified atom stereocenters. The van der Waals surface area contributed by atoms with Crippen molar-refractivity contribution in [3.05, 3.63) is 29.5 Å². The lowest BCUT2D eigenvalue weighted by molar-refractivity contribution is 0.0690. The zero-order valence-electron chi connectivity index (χ0n) is 10.5. The third kappa shape index (κ3) is 1.88. The van der Waals surface area contributed by atoms with Gasteiger partial charge in [-0.3, -0.25) is 9.48 Å². The van der Waals surface area contributed by atoms with E-state index in [0.717, 1.165) is 6.29 Å². The highest BCUT2D eigenvalue weighted by molar-refractivity contribution is 6.02. The summed E-state index contributed by atoms with van der Waals surface area (Å²) in [6, 6.07) is 4.88. The van der Waals surface area contributed by atoms with Gasteiger partial charge in [0, 0.05) is 10.9 Å². The molecule has 0 amide bonds. The third-order valence-electron chi connectivity index (χ3n) is 2.68. The Labute approximate surface area is 104 Å². The molecule has 0 radical (unpaired) electrons. The zero-order valence-corrected chi connectivity index (χ0v) is 10.5. The molecule has 0 bridgehead atoms. The van der Waals surface area contributed by atoms with Gasteiger partial charge in [0.25, 0.3) is 0 Å². The SMILES string of the molecule is CC(C)(C)n1nc(C(=O)O)c2ccc(C=O)cc21. The number of rotatable bonds is 2. The number of carboxylic acid groups (broad SMARTS) is 1. The predicted octanol–water partition coefficient (Wildman–Crippen LogP) is 2.30. The molecule has 94 valence electrons. The van der Waals surface area contributed by atoms with Crippen molar-refractivity contribution in [2.24, 2.45) is 0 Å². The maximum absolute atomic E-state index is 11.2. The molecule has 0 aliphatic heterocycles. The number of nitrogens with zero attached hydrogens (tertiary/aromatic N) is 2. The van der Waals surface area contributed by atoms with Gasteiger partial charge < -0.3 is 5.11 Å². The molecule has 1 N–H and O–H groups in total. The van der Waals surface area contributed by atoms with E-state index in [2.05, 4.69) is 5.10 Å². The quantitative estimate of drug-likeness (QED) is 0.825. The molecule has 0 spiro atoms. The number of hydrogen-bond donors (Lipinski definition) is 1. The van der Waals surface area contributed by atoms with E-state index >= 15 is 0 Å². The first kappa shape index (κ1) is 12.3. The van der Waals surface area contributed by atoms with Gasteiger partial charge in [0.05, 0.1) is 11.1 Å².